The maximum Gasteiger partial charge on any atom is 0.263 e. The van der Waals surface area contributed by atoms with Crippen LogP contribution in [0, 0.1) is 0 Å². The fraction of sp³-hybridized carbons (Fsp3) is 0.600. The average Bonchev–Trinajstić information content (AvgIpc) is 2.49. The number of ether oxygens (including phenoxy) is 1. The molecule has 1 fully saturated rings. The lowest BCUT2D eigenvalue weighted by Gasteiger charge is -2.37. The fourth-order valence-corrected chi connectivity index (χ4v) is 2.75. The van der Waals surface area contributed by atoms with Crippen LogP contribution in [0.2, 0.25) is 0 Å². The summed E-state index contributed by atoms with van der Waals surface area (Å²) in [4.78, 5) is 2.25. The van der Waals surface area contributed by atoms with Crippen LogP contribution in [-0.4, -0.2) is 37.7 Å². The van der Waals surface area contributed by atoms with E-state index in [0.717, 1.165) is 31.6 Å². The van der Waals surface area contributed by atoms with Gasteiger partial charge in [0.25, 0.3) is 6.43 Å². The molecule has 0 radical (unpaired) electrons. The van der Waals surface area contributed by atoms with E-state index in [1.807, 2.05) is 0 Å². The van der Waals surface area contributed by atoms with E-state index in [-0.39, 0.29) is 11.6 Å². The molecule has 2 rings (SSSR count). The third kappa shape index (κ3) is 3.53. The Kier molecular flexibility index (Phi) is 5.46. The SMILES string of the molecule is CN(C1CCOCC1)C(CN)c1ccc(C(F)F)cc1. The minimum Gasteiger partial charge on any atom is -0.381 e. The van der Waals surface area contributed by atoms with Crippen LogP contribution >= 0.6 is 0 Å². The molecule has 1 aromatic carbocycles. The highest BCUT2D eigenvalue weighted by atomic mass is 19.3. The van der Waals surface area contributed by atoms with E-state index in [1.54, 1.807) is 12.1 Å². The van der Waals surface area contributed by atoms with Crippen molar-refractivity contribution in [1.29, 1.82) is 0 Å². The number of nitrogens with two attached hydrogens (primary N) is 1. The van der Waals surface area contributed by atoms with Gasteiger partial charge in [0.05, 0.1) is 0 Å². The van der Waals surface area contributed by atoms with Gasteiger partial charge in [0, 0.05) is 37.4 Å². The highest BCUT2D eigenvalue weighted by Crippen LogP contribution is 2.26. The maximum absolute atomic E-state index is 12.6. The van der Waals surface area contributed by atoms with Crippen molar-refractivity contribution in [2.75, 3.05) is 26.8 Å². The molecule has 5 heteroatoms. The third-order valence-corrected chi connectivity index (χ3v) is 4.05. The van der Waals surface area contributed by atoms with Crippen LogP contribution in [0.25, 0.3) is 0 Å². The standard InChI is InChI=1S/C15H22F2N2O/c1-19(13-6-8-20-9-7-13)14(10-18)11-2-4-12(5-3-11)15(16)17/h2-5,13-15H,6-10,18H2,1H3. The third-order valence-electron chi connectivity index (χ3n) is 4.05. The molecule has 20 heavy (non-hydrogen) atoms. The van der Waals surface area contributed by atoms with Gasteiger partial charge in [0.15, 0.2) is 0 Å². The van der Waals surface area contributed by atoms with Crippen LogP contribution in [0.1, 0.15) is 36.4 Å². The van der Waals surface area contributed by atoms with Crippen molar-refractivity contribution in [3.63, 3.8) is 0 Å². The molecule has 1 heterocycles. The monoisotopic (exact) mass is 284 g/mol. The zero-order chi connectivity index (χ0) is 14.5. The van der Waals surface area contributed by atoms with Gasteiger partial charge in [-0.2, -0.15) is 0 Å². The minimum atomic E-state index is -2.42. The zero-order valence-electron chi connectivity index (χ0n) is 11.8. The topological polar surface area (TPSA) is 38.5 Å². The van der Waals surface area contributed by atoms with Crippen molar-refractivity contribution in [3.8, 4) is 0 Å². The average molecular weight is 284 g/mol. The summed E-state index contributed by atoms with van der Waals surface area (Å²) >= 11 is 0. The molecule has 0 bridgehead atoms. The van der Waals surface area contributed by atoms with Crippen LogP contribution in [0.4, 0.5) is 8.78 Å². The van der Waals surface area contributed by atoms with Crippen molar-refractivity contribution in [1.82, 2.24) is 4.90 Å². The first-order chi connectivity index (χ1) is 9.63. The first-order valence-corrected chi connectivity index (χ1v) is 7.01. The number of halogens is 2. The van der Waals surface area contributed by atoms with Gasteiger partial charge in [-0.1, -0.05) is 24.3 Å². The fourth-order valence-electron chi connectivity index (χ4n) is 2.75. The van der Waals surface area contributed by atoms with Gasteiger partial charge >= 0.3 is 0 Å². The highest BCUT2D eigenvalue weighted by molar-refractivity contribution is 5.26. The van der Waals surface area contributed by atoms with Crippen LogP contribution in [0.3, 0.4) is 0 Å². The zero-order valence-corrected chi connectivity index (χ0v) is 11.8. The van der Waals surface area contributed by atoms with Crippen molar-refractivity contribution in [2.24, 2.45) is 5.73 Å². The molecule has 0 aromatic heterocycles. The van der Waals surface area contributed by atoms with Gasteiger partial charge < -0.3 is 10.5 Å². The van der Waals surface area contributed by atoms with Gasteiger partial charge in [-0.15, -0.1) is 0 Å². The van der Waals surface area contributed by atoms with Crippen molar-refractivity contribution >= 4 is 0 Å². The second-order valence-corrected chi connectivity index (χ2v) is 5.23. The number of hydrogen-bond acceptors (Lipinski definition) is 3. The number of alkyl halides is 2. The normalized spacial score (nSPS) is 18.7. The van der Waals surface area contributed by atoms with E-state index in [2.05, 4.69) is 11.9 Å². The Morgan fingerprint density at radius 3 is 2.25 bits per heavy atom. The van der Waals surface area contributed by atoms with Crippen LogP contribution in [0.15, 0.2) is 24.3 Å². The van der Waals surface area contributed by atoms with E-state index in [4.69, 9.17) is 10.5 Å². The van der Waals surface area contributed by atoms with E-state index < -0.39 is 6.43 Å². The largest absolute Gasteiger partial charge is 0.381 e. The molecule has 1 saturated heterocycles. The Hall–Kier alpha value is -1.04. The molecule has 1 aliphatic heterocycles. The molecule has 1 unspecified atom stereocenters. The number of rotatable bonds is 5. The van der Waals surface area contributed by atoms with Crippen molar-refractivity contribution in [3.05, 3.63) is 35.4 Å². The Balaban J connectivity index is 2.09. The maximum atomic E-state index is 12.6. The van der Waals surface area contributed by atoms with Crippen LogP contribution < -0.4 is 5.73 Å². The quantitative estimate of drug-likeness (QED) is 0.903. The summed E-state index contributed by atoms with van der Waals surface area (Å²) in [7, 11) is 2.05. The molecular formula is C15H22F2N2O. The smallest absolute Gasteiger partial charge is 0.263 e. The van der Waals surface area contributed by atoms with E-state index in [0.29, 0.717) is 12.6 Å². The summed E-state index contributed by atoms with van der Waals surface area (Å²) in [6.07, 6.45) is -0.446. The van der Waals surface area contributed by atoms with E-state index >= 15 is 0 Å². The van der Waals surface area contributed by atoms with E-state index in [9.17, 15) is 8.78 Å². The summed E-state index contributed by atoms with van der Waals surface area (Å²) < 4.78 is 30.5. The number of benzene rings is 1. The number of nitrogens with zero attached hydrogens (tertiary/aromatic N) is 1. The number of likely N-dealkylation sites (N-methyl/N-ethyl adjacent to an activating group) is 1. The summed E-state index contributed by atoms with van der Waals surface area (Å²) in [5, 5.41) is 0. The minimum absolute atomic E-state index is 0.0539. The molecule has 1 aromatic rings. The first-order valence-electron chi connectivity index (χ1n) is 7.01. The molecule has 2 N–H and O–H groups in total. The molecule has 0 saturated carbocycles. The van der Waals surface area contributed by atoms with Gasteiger partial charge in [0.2, 0.25) is 0 Å². The Morgan fingerprint density at radius 1 is 1.20 bits per heavy atom. The molecule has 1 aliphatic rings. The molecule has 112 valence electrons. The molecule has 0 spiro atoms. The lowest BCUT2D eigenvalue weighted by atomic mass is 9.99. The second-order valence-electron chi connectivity index (χ2n) is 5.23. The van der Waals surface area contributed by atoms with Gasteiger partial charge in [-0.3, -0.25) is 4.90 Å². The summed E-state index contributed by atoms with van der Waals surface area (Å²) in [5.41, 5.74) is 6.93. The summed E-state index contributed by atoms with van der Waals surface area (Å²) in [5.74, 6) is 0. The van der Waals surface area contributed by atoms with Gasteiger partial charge in [-0.25, -0.2) is 8.78 Å². The van der Waals surface area contributed by atoms with Crippen LogP contribution in [0.5, 0.6) is 0 Å². The van der Waals surface area contributed by atoms with Gasteiger partial charge in [0.1, 0.15) is 0 Å². The second kappa shape index (κ2) is 7.11. The molecular weight excluding hydrogens is 262 g/mol. The first kappa shape index (κ1) is 15.4. The predicted octanol–water partition coefficient (Wildman–Crippen LogP) is 2.73. The molecule has 3 nitrogen and oxygen atoms in total. The Bertz CT molecular complexity index is 405. The summed E-state index contributed by atoms with van der Waals surface area (Å²) in [6.45, 7) is 2.02. The molecule has 0 amide bonds. The predicted molar refractivity (Wildman–Crippen MR) is 74.8 cm³/mol. The Morgan fingerprint density at radius 2 is 1.75 bits per heavy atom. The number of hydrogen-bond donors (Lipinski definition) is 1. The lowest BCUT2D eigenvalue weighted by Crippen LogP contribution is -2.41. The lowest BCUT2D eigenvalue weighted by molar-refractivity contribution is 0.0293. The van der Waals surface area contributed by atoms with Gasteiger partial charge in [-0.05, 0) is 25.5 Å². The Labute approximate surface area is 118 Å². The van der Waals surface area contributed by atoms with Crippen molar-refractivity contribution < 1.29 is 13.5 Å². The molecule has 0 aliphatic carbocycles. The summed E-state index contributed by atoms with van der Waals surface area (Å²) in [6, 6.07) is 6.99. The van der Waals surface area contributed by atoms with E-state index in [1.165, 1.54) is 12.1 Å². The van der Waals surface area contributed by atoms with Crippen molar-refractivity contribution in [2.45, 2.75) is 31.4 Å². The van der Waals surface area contributed by atoms with Crippen LogP contribution in [-0.2, 0) is 4.74 Å². The molecule has 1 atom stereocenters. The highest BCUT2D eigenvalue weighted by Gasteiger charge is 2.25.